The van der Waals surface area contributed by atoms with Crippen molar-refractivity contribution < 1.29 is 8.78 Å². The van der Waals surface area contributed by atoms with Gasteiger partial charge in [-0.1, -0.05) is 30.3 Å². The minimum Gasteiger partial charge on any atom is -0.259 e. The van der Waals surface area contributed by atoms with Crippen LogP contribution in [-0.2, 0) is 0 Å². The average Bonchev–Trinajstić information content (AvgIpc) is 2.88. The molecule has 19 heavy (non-hydrogen) atoms. The lowest BCUT2D eigenvalue weighted by atomic mass is 10.2. The fourth-order valence-electron chi connectivity index (χ4n) is 1.80. The van der Waals surface area contributed by atoms with Crippen LogP contribution >= 0.6 is 0 Å². The molecule has 0 amide bonds. The molecular weight excluding hydrogens is 248 g/mol. The van der Waals surface area contributed by atoms with Crippen LogP contribution in [0.3, 0.4) is 0 Å². The van der Waals surface area contributed by atoms with E-state index in [0.29, 0.717) is 11.4 Å². The standard InChI is InChI=1S/C14H9F2N3/c15-11-6-10(7-12(16)8-11)14-17-13(18-19-14)9-4-2-1-3-5-9/h1-8H,(H,17,18,19). The van der Waals surface area contributed by atoms with Gasteiger partial charge in [0, 0.05) is 17.2 Å². The highest BCUT2D eigenvalue weighted by Crippen LogP contribution is 2.21. The molecule has 0 aliphatic rings. The molecule has 1 heterocycles. The summed E-state index contributed by atoms with van der Waals surface area (Å²) in [5.74, 6) is -0.486. The van der Waals surface area contributed by atoms with Crippen LogP contribution in [0, 0.1) is 11.6 Å². The van der Waals surface area contributed by atoms with Gasteiger partial charge in [0.15, 0.2) is 11.6 Å². The fraction of sp³-hybridized carbons (Fsp3) is 0. The predicted molar refractivity (Wildman–Crippen MR) is 67.2 cm³/mol. The number of aromatic nitrogens is 3. The maximum atomic E-state index is 13.1. The topological polar surface area (TPSA) is 41.6 Å². The van der Waals surface area contributed by atoms with E-state index in [9.17, 15) is 8.78 Å². The molecule has 0 aliphatic heterocycles. The molecule has 0 fully saturated rings. The van der Waals surface area contributed by atoms with Crippen molar-refractivity contribution in [3.05, 3.63) is 60.2 Å². The molecule has 3 rings (SSSR count). The van der Waals surface area contributed by atoms with Crippen LogP contribution in [0.2, 0.25) is 0 Å². The van der Waals surface area contributed by atoms with Crippen molar-refractivity contribution in [3.63, 3.8) is 0 Å². The molecule has 0 saturated heterocycles. The normalized spacial score (nSPS) is 10.6. The Morgan fingerprint density at radius 1 is 0.842 bits per heavy atom. The van der Waals surface area contributed by atoms with Crippen molar-refractivity contribution in [2.45, 2.75) is 0 Å². The Balaban J connectivity index is 2.02. The molecule has 0 radical (unpaired) electrons. The minimum atomic E-state index is -0.652. The van der Waals surface area contributed by atoms with E-state index in [2.05, 4.69) is 15.2 Å². The Kier molecular flexibility index (Phi) is 2.79. The first-order chi connectivity index (χ1) is 9.22. The lowest BCUT2D eigenvalue weighted by Crippen LogP contribution is -1.86. The number of rotatable bonds is 2. The largest absolute Gasteiger partial charge is 0.259 e. The van der Waals surface area contributed by atoms with Crippen molar-refractivity contribution in [1.82, 2.24) is 15.2 Å². The molecular formula is C14H9F2N3. The van der Waals surface area contributed by atoms with Gasteiger partial charge in [0.05, 0.1) is 0 Å². The number of nitrogens with zero attached hydrogens (tertiary/aromatic N) is 2. The third kappa shape index (κ3) is 2.35. The third-order valence-electron chi connectivity index (χ3n) is 2.65. The number of hydrogen-bond donors (Lipinski definition) is 1. The molecule has 0 saturated carbocycles. The van der Waals surface area contributed by atoms with Gasteiger partial charge in [0.2, 0.25) is 0 Å². The summed E-state index contributed by atoms with van der Waals surface area (Å²) < 4.78 is 26.3. The number of nitrogens with one attached hydrogen (secondary N) is 1. The number of benzene rings is 2. The summed E-state index contributed by atoms with van der Waals surface area (Å²) in [6, 6.07) is 12.6. The fourth-order valence-corrected chi connectivity index (χ4v) is 1.80. The number of hydrogen-bond acceptors (Lipinski definition) is 2. The zero-order chi connectivity index (χ0) is 13.2. The maximum Gasteiger partial charge on any atom is 0.181 e. The molecule has 0 bridgehead atoms. The van der Waals surface area contributed by atoms with Crippen LogP contribution in [0.25, 0.3) is 22.8 Å². The Morgan fingerprint density at radius 3 is 2.21 bits per heavy atom. The van der Waals surface area contributed by atoms with Crippen molar-refractivity contribution in [1.29, 1.82) is 0 Å². The van der Waals surface area contributed by atoms with Crippen molar-refractivity contribution in [2.75, 3.05) is 0 Å². The Labute approximate surface area is 107 Å². The summed E-state index contributed by atoms with van der Waals surface area (Å²) in [5, 5.41) is 6.73. The molecule has 5 heteroatoms. The van der Waals surface area contributed by atoms with Gasteiger partial charge in [-0.25, -0.2) is 13.8 Å². The molecule has 0 unspecified atom stereocenters. The highest BCUT2D eigenvalue weighted by atomic mass is 19.1. The molecule has 3 aromatic rings. The summed E-state index contributed by atoms with van der Waals surface area (Å²) in [6.45, 7) is 0. The van der Waals surface area contributed by atoms with Crippen LogP contribution in [0.4, 0.5) is 8.78 Å². The van der Waals surface area contributed by atoms with E-state index in [1.54, 1.807) is 0 Å². The first-order valence-electron chi connectivity index (χ1n) is 5.67. The van der Waals surface area contributed by atoms with Crippen molar-refractivity contribution >= 4 is 0 Å². The summed E-state index contributed by atoms with van der Waals surface area (Å²) in [7, 11) is 0. The van der Waals surface area contributed by atoms with Gasteiger partial charge < -0.3 is 0 Å². The van der Waals surface area contributed by atoms with E-state index in [4.69, 9.17) is 0 Å². The lowest BCUT2D eigenvalue weighted by Gasteiger charge is -1.96. The van der Waals surface area contributed by atoms with E-state index in [1.165, 1.54) is 12.1 Å². The van der Waals surface area contributed by atoms with Gasteiger partial charge in [0.25, 0.3) is 0 Å². The van der Waals surface area contributed by atoms with E-state index in [0.717, 1.165) is 11.6 Å². The number of aromatic amines is 1. The Hall–Kier alpha value is -2.56. The second kappa shape index (κ2) is 4.61. The number of H-pyrrole nitrogens is 1. The first kappa shape index (κ1) is 11.5. The SMILES string of the molecule is Fc1cc(F)cc(-c2n[nH]c(-c3ccccc3)n2)c1. The summed E-state index contributed by atoms with van der Waals surface area (Å²) in [4.78, 5) is 4.23. The van der Waals surface area contributed by atoms with Crippen LogP contribution in [-0.4, -0.2) is 15.2 Å². The molecule has 2 aromatic carbocycles. The molecule has 0 atom stereocenters. The quantitative estimate of drug-likeness (QED) is 0.764. The third-order valence-corrected chi connectivity index (χ3v) is 2.65. The Morgan fingerprint density at radius 2 is 1.53 bits per heavy atom. The molecule has 1 N–H and O–H groups in total. The summed E-state index contributed by atoms with van der Waals surface area (Å²) in [5.41, 5.74) is 1.16. The highest BCUT2D eigenvalue weighted by Gasteiger charge is 2.09. The predicted octanol–water partition coefficient (Wildman–Crippen LogP) is 3.42. The van der Waals surface area contributed by atoms with Crippen molar-refractivity contribution in [2.24, 2.45) is 0 Å². The molecule has 1 aromatic heterocycles. The smallest absolute Gasteiger partial charge is 0.181 e. The van der Waals surface area contributed by atoms with E-state index in [-0.39, 0.29) is 5.82 Å². The zero-order valence-electron chi connectivity index (χ0n) is 9.77. The van der Waals surface area contributed by atoms with E-state index in [1.807, 2.05) is 30.3 Å². The second-order valence-corrected chi connectivity index (χ2v) is 4.03. The summed E-state index contributed by atoms with van der Waals surface area (Å²) in [6.07, 6.45) is 0. The highest BCUT2D eigenvalue weighted by molar-refractivity contribution is 5.61. The van der Waals surface area contributed by atoms with E-state index >= 15 is 0 Å². The summed E-state index contributed by atoms with van der Waals surface area (Å²) >= 11 is 0. The van der Waals surface area contributed by atoms with Gasteiger partial charge >= 0.3 is 0 Å². The first-order valence-corrected chi connectivity index (χ1v) is 5.67. The van der Waals surface area contributed by atoms with Gasteiger partial charge in [-0.2, -0.15) is 5.10 Å². The second-order valence-electron chi connectivity index (χ2n) is 4.03. The van der Waals surface area contributed by atoms with E-state index < -0.39 is 11.6 Å². The van der Waals surface area contributed by atoms with Crippen LogP contribution in [0.5, 0.6) is 0 Å². The maximum absolute atomic E-state index is 13.1. The number of halogens is 2. The molecule has 0 spiro atoms. The monoisotopic (exact) mass is 257 g/mol. The van der Waals surface area contributed by atoms with Crippen molar-refractivity contribution in [3.8, 4) is 22.8 Å². The van der Waals surface area contributed by atoms with Gasteiger partial charge in [-0.15, -0.1) is 0 Å². The van der Waals surface area contributed by atoms with Gasteiger partial charge in [0.1, 0.15) is 11.6 Å². The van der Waals surface area contributed by atoms with Crippen LogP contribution < -0.4 is 0 Å². The minimum absolute atomic E-state index is 0.261. The molecule has 0 aliphatic carbocycles. The molecule has 3 nitrogen and oxygen atoms in total. The van der Waals surface area contributed by atoms with Gasteiger partial charge in [-0.3, -0.25) is 5.10 Å². The van der Waals surface area contributed by atoms with Gasteiger partial charge in [-0.05, 0) is 12.1 Å². The van der Waals surface area contributed by atoms with Crippen LogP contribution in [0.1, 0.15) is 0 Å². The Bertz CT molecular complexity index is 687. The lowest BCUT2D eigenvalue weighted by molar-refractivity contribution is 0.584. The average molecular weight is 257 g/mol. The van der Waals surface area contributed by atoms with Crippen LogP contribution in [0.15, 0.2) is 48.5 Å². The molecule has 94 valence electrons. The zero-order valence-corrected chi connectivity index (χ0v) is 9.77.